The number of fused-ring (bicyclic) bond motifs is 1. The average molecular weight is 358 g/mol. The summed E-state index contributed by atoms with van der Waals surface area (Å²) < 4.78 is 1.80. The summed E-state index contributed by atoms with van der Waals surface area (Å²) in [5.74, 6) is 0.123. The van der Waals surface area contributed by atoms with Gasteiger partial charge in [0.05, 0.1) is 17.5 Å². The zero-order valence-corrected chi connectivity index (χ0v) is 14.5. The zero-order valence-electron chi connectivity index (χ0n) is 13.7. The molecule has 0 unspecified atom stereocenters. The Hall–Kier alpha value is -2.61. The molecular weight excluding hydrogens is 340 g/mol. The molecule has 8 heteroatoms. The van der Waals surface area contributed by atoms with Gasteiger partial charge in [0.1, 0.15) is 5.65 Å². The fraction of sp³-hybridized carbons (Fsp3) is 0.353. The number of aromatic amines is 1. The molecule has 0 radical (unpaired) electrons. The number of rotatable bonds is 2. The summed E-state index contributed by atoms with van der Waals surface area (Å²) >= 11 is 1.63. The number of hydrogen-bond donors (Lipinski definition) is 2. The molecule has 1 aliphatic rings. The lowest BCUT2D eigenvalue weighted by molar-refractivity contribution is 0.131. The maximum atomic E-state index is 12.2. The number of nitrogens with one attached hydrogen (secondary N) is 1. The van der Waals surface area contributed by atoms with Crippen molar-refractivity contribution in [1.82, 2.24) is 19.5 Å². The smallest absolute Gasteiger partial charge is 0.407 e. The number of amides is 1. The van der Waals surface area contributed by atoms with Crippen LogP contribution in [0.4, 0.5) is 4.79 Å². The van der Waals surface area contributed by atoms with E-state index < -0.39 is 6.09 Å². The predicted octanol–water partition coefficient (Wildman–Crippen LogP) is 2.92. The van der Waals surface area contributed by atoms with Gasteiger partial charge in [-0.25, -0.2) is 9.31 Å². The van der Waals surface area contributed by atoms with E-state index in [0.29, 0.717) is 31.6 Å². The van der Waals surface area contributed by atoms with Gasteiger partial charge in [-0.1, -0.05) is 0 Å². The van der Waals surface area contributed by atoms with Crippen LogP contribution in [0.3, 0.4) is 0 Å². The van der Waals surface area contributed by atoms with Crippen LogP contribution in [0.15, 0.2) is 28.5 Å². The number of aromatic nitrogens is 3. The van der Waals surface area contributed by atoms with Gasteiger partial charge < -0.3 is 15.0 Å². The lowest BCUT2D eigenvalue weighted by Crippen LogP contribution is -2.37. The largest absolute Gasteiger partial charge is 0.465 e. The number of H-pyrrole nitrogens is 1. The number of thiophene rings is 1. The SMILES string of the molecule is Cc1csc(-c2cnn3c(C4CCN(C(=O)O)CC4)cc(=O)[nH]c23)c1. The lowest BCUT2D eigenvalue weighted by atomic mass is 9.93. The van der Waals surface area contributed by atoms with Gasteiger partial charge in [0.2, 0.25) is 0 Å². The fourth-order valence-electron chi connectivity index (χ4n) is 3.42. The van der Waals surface area contributed by atoms with Crippen LogP contribution in [0.25, 0.3) is 16.1 Å². The monoisotopic (exact) mass is 358 g/mol. The van der Waals surface area contributed by atoms with Crippen molar-refractivity contribution in [2.75, 3.05) is 13.1 Å². The quantitative estimate of drug-likeness (QED) is 0.737. The molecule has 2 N–H and O–H groups in total. The van der Waals surface area contributed by atoms with Crippen molar-refractivity contribution in [3.05, 3.63) is 45.3 Å². The highest BCUT2D eigenvalue weighted by molar-refractivity contribution is 7.13. The van der Waals surface area contributed by atoms with Crippen LogP contribution in [-0.4, -0.2) is 43.8 Å². The molecule has 0 aliphatic carbocycles. The van der Waals surface area contributed by atoms with Gasteiger partial charge in [0, 0.05) is 30.0 Å². The van der Waals surface area contributed by atoms with E-state index in [1.54, 1.807) is 28.1 Å². The Morgan fingerprint density at radius 3 is 2.76 bits per heavy atom. The lowest BCUT2D eigenvalue weighted by Gasteiger charge is -2.30. The Balaban J connectivity index is 1.74. The van der Waals surface area contributed by atoms with E-state index in [1.807, 2.05) is 6.92 Å². The van der Waals surface area contributed by atoms with Crippen molar-refractivity contribution in [3.8, 4) is 10.4 Å². The molecule has 25 heavy (non-hydrogen) atoms. The van der Waals surface area contributed by atoms with Crippen molar-refractivity contribution in [3.63, 3.8) is 0 Å². The Morgan fingerprint density at radius 2 is 2.12 bits per heavy atom. The molecule has 1 amide bonds. The fourth-order valence-corrected chi connectivity index (χ4v) is 4.33. The number of likely N-dealkylation sites (tertiary alicyclic amines) is 1. The van der Waals surface area contributed by atoms with E-state index in [4.69, 9.17) is 5.11 Å². The number of carbonyl (C=O) groups is 1. The van der Waals surface area contributed by atoms with E-state index in [9.17, 15) is 9.59 Å². The van der Waals surface area contributed by atoms with Crippen molar-refractivity contribution >= 4 is 23.1 Å². The topological polar surface area (TPSA) is 90.7 Å². The summed E-state index contributed by atoms with van der Waals surface area (Å²) in [6.45, 7) is 3.00. The highest BCUT2D eigenvalue weighted by Gasteiger charge is 2.26. The molecule has 1 fully saturated rings. The maximum Gasteiger partial charge on any atom is 0.407 e. The van der Waals surface area contributed by atoms with Crippen molar-refractivity contribution in [2.45, 2.75) is 25.7 Å². The van der Waals surface area contributed by atoms with E-state index in [2.05, 4.69) is 21.5 Å². The summed E-state index contributed by atoms with van der Waals surface area (Å²) in [4.78, 5) is 28.7. The molecule has 0 saturated carbocycles. The Labute approximate surface area is 147 Å². The summed E-state index contributed by atoms with van der Waals surface area (Å²) in [6.07, 6.45) is 2.28. The minimum absolute atomic E-state index is 0.123. The second-order valence-corrected chi connectivity index (χ2v) is 7.32. The van der Waals surface area contributed by atoms with Crippen LogP contribution in [-0.2, 0) is 0 Å². The Bertz CT molecular complexity index is 995. The molecule has 0 spiro atoms. The van der Waals surface area contributed by atoms with E-state index >= 15 is 0 Å². The van der Waals surface area contributed by atoms with Crippen LogP contribution in [0.1, 0.15) is 30.0 Å². The molecule has 0 aromatic carbocycles. The third kappa shape index (κ3) is 2.82. The molecule has 3 aromatic heterocycles. The molecule has 4 rings (SSSR count). The summed E-state index contributed by atoms with van der Waals surface area (Å²) in [6, 6.07) is 3.67. The molecule has 130 valence electrons. The molecular formula is C17H18N4O3S. The van der Waals surface area contributed by atoms with Crippen LogP contribution in [0, 0.1) is 6.92 Å². The standard InChI is InChI=1S/C17H18N4O3S/c1-10-6-14(25-9-10)12-8-18-21-13(7-15(22)19-16(12)21)11-2-4-20(5-3-11)17(23)24/h6-9,11H,2-5H2,1H3,(H,19,22)(H,23,24). The third-order valence-corrected chi connectivity index (χ3v) is 5.80. The molecule has 0 atom stereocenters. The second-order valence-electron chi connectivity index (χ2n) is 6.41. The van der Waals surface area contributed by atoms with Gasteiger partial charge in [0.15, 0.2) is 0 Å². The van der Waals surface area contributed by atoms with Crippen molar-refractivity contribution in [2.24, 2.45) is 0 Å². The molecule has 0 bridgehead atoms. The minimum atomic E-state index is -0.885. The average Bonchev–Trinajstić information content (AvgIpc) is 3.20. The highest BCUT2D eigenvalue weighted by Crippen LogP contribution is 2.32. The molecule has 3 aromatic rings. The normalized spacial score (nSPS) is 15.8. The van der Waals surface area contributed by atoms with E-state index in [1.165, 1.54) is 10.5 Å². The van der Waals surface area contributed by atoms with E-state index in [-0.39, 0.29) is 11.5 Å². The Kier molecular flexibility index (Phi) is 3.84. The van der Waals surface area contributed by atoms with E-state index in [0.717, 1.165) is 16.1 Å². The van der Waals surface area contributed by atoms with Gasteiger partial charge >= 0.3 is 6.09 Å². The number of nitrogens with zero attached hydrogens (tertiary/aromatic N) is 3. The Morgan fingerprint density at radius 1 is 1.36 bits per heavy atom. The highest BCUT2D eigenvalue weighted by atomic mass is 32.1. The number of piperidine rings is 1. The zero-order chi connectivity index (χ0) is 17.6. The molecule has 4 heterocycles. The van der Waals surface area contributed by atoms with Crippen molar-refractivity contribution in [1.29, 1.82) is 0 Å². The van der Waals surface area contributed by atoms with Crippen LogP contribution in [0.2, 0.25) is 0 Å². The number of aryl methyl sites for hydroxylation is 1. The first-order valence-electron chi connectivity index (χ1n) is 8.17. The van der Waals surface area contributed by atoms with Gasteiger partial charge in [0.25, 0.3) is 5.56 Å². The second kappa shape index (κ2) is 6.03. The first-order chi connectivity index (χ1) is 12.0. The molecule has 1 saturated heterocycles. The van der Waals surface area contributed by atoms with Gasteiger partial charge in [-0.15, -0.1) is 11.3 Å². The first kappa shape index (κ1) is 15.9. The number of carboxylic acid groups (broad SMARTS) is 1. The molecule has 1 aliphatic heterocycles. The predicted molar refractivity (Wildman–Crippen MR) is 95.4 cm³/mol. The summed E-state index contributed by atoms with van der Waals surface area (Å²) in [5, 5.41) is 15.7. The van der Waals surface area contributed by atoms with Gasteiger partial charge in [-0.3, -0.25) is 4.79 Å². The first-order valence-corrected chi connectivity index (χ1v) is 9.05. The maximum absolute atomic E-state index is 12.2. The third-order valence-electron chi connectivity index (χ3n) is 4.71. The molecule has 7 nitrogen and oxygen atoms in total. The summed E-state index contributed by atoms with van der Waals surface area (Å²) in [5.41, 5.74) is 3.49. The van der Waals surface area contributed by atoms with Gasteiger partial charge in [-0.2, -0.15) is 5.10 Å². The van der Waals surface area contributed by atoms with Crippen molar-refractivity contribution < 1.29 is 9.90 Å². The van der Waals surface area contributed by atoms with Gasteiger partial charge in [-0.05, 0) is 36.8 Å². The summed E-state index contributed by atoms with van der Waals surface area (Å²) in [7, 11) is 0. The van der Waals surface area contributed by atoms with Crippen LogP contribution >= 0.6 is 11.3 Å². The number of hydrogen-bond acceptors (Lipinski definition) is 4. The minimum Gasteiger partial charge on any atom is -0.465 e. The van der Waals surface area contributed by atoms with Crippen LogP contribution in [0.5, 0.6) is 0 Å². The van der Waals surface area contributed by atoms with Crippen LogP contribution < -0.4 is 5.56 Å².